The van der Waals surface area contributed by atoms with Crippen molar-refractivity contribution in [2.24, 2.45) is 0 Å². The number of hydrogen-bond acceptors (Lipinski definition) is 6. The molecule has 9 heteroatoms. The van der Waals surface area contributed by atoms with Crippen LogP contribution < -0.4 is 15.1 Å². The first-order valence-electron chi connectivity index (χ1n) is 10.2. The summed E-state index contributed by atoms with van der Waals surface area (Å²) in [7, 11) is 0. The van der Waals surface area contributed by atoms with Crippen LogP contribution in [0.2, 0.25) is 0 Å². The molecule has 1 aromatic carbocycles. The summed E-state index contributed by atoms with van der Waals surface area (Å²) in [5.41, 5.74) is 1.32. The molecule has 2 saturated heterocycles. The van der Waals surface area contributed by atoms with Crippen molar-refractivity contribution in [3.05, 3.63) is 42.3 Å². The fourth-order valence-electron chi connectivity index (χ4n) is 3.65. The molecule has 0 saturated carbocycles. The van der Waals surface area contributed by atoms with Gasteiger partial charge in [0.25, 0.3) is 0 Å². The Hall–Kier alpha value is -3.49. The number of nitrogens with zero attached hydrogens (tertiary/aromatic N) is 3. The molecule has 0 bridgehead atoms. The minimum absolute atomic E-state index is 0.109. The van der Waals surface area contributed by atoms with E-state index in [1.807, 2.05) is 11.0 Å². The lowest BCUT2D eigenvalue weighted by atomic mass is 10.1. The number of benzene rings is 1. The molecule has 2 amide bonds. The van der Waals surface area contributed by atoms with Crippen molar-refractivity contribution >= 4 is 29.3 Å². The predicted molar refractivity (Wildman–Crippen MR) is 112 cm³/mol. The Bertz CT molecular complexity index is 1000. The van der Waals surface area contributed by atoms with Crippen LogP contribution in [0, 0.1) is 5.82 Å². The predicted octanol–water partition coefficient (Wildman–Crippen LogP) is 2.87. The van der Waals surface area contributed by atoms with Gasteiger partial charge in [-0.3, -0.25) is 14.5 Å². The molecule has 0 spiro atoms. The van der Waals surface area contributed by atoms with Gasteiger partial charge < -0.3 is 15.0 Å². The molecule has 0 radical (unpaired) electrons. The number of amides is 2. The smallest absolute Gasteiger partial charge is 0.416 e. The highest BCUT2D eigenvalue weighted by molar-refractivity contribution is 5.90. The van der Waals surface area contributed by atoms with Crippen molar-refractivity contribution < 1.29 is 23.5 Å². The number of nitrogens with one attached hydrogen (secondary N) is 1. The molecule has 8 nitrogen and oxygen atoms in total. The summed E-state index contributed by atoms with van der Waals surface area (Å²) in [5.74, 6) is 0.293. The average molecular weight is 426 g/mol. The van der Waals surface area contributed by atoms with Crippen LogP contribution in [0.25, 0.3) is 11.1 Å². The van der Waals surface area contributed by atoms with Crippen molar-refractivity contribution in [2.75, 3.05) is 29.4 Å². The molecule has 2 aliphatic heterocycles. The number of ketones is 1. The summed E-state index contributed by atoms with van der Waals surface area (Å²) in [6.45, 7) is 3.09. The number of halogens is 1. The Morgan fingerprint density at radius 2 is 2.00 bits per heavy atom. The van der Waals surface area contributed by atoms with E-state index in [0.717, 1.165) is 5.82 Å². The lowest BCUT2D eigenvalue weighted by Crippen LogP contribution is -2.37. The molecular formula is C22H23FN4O4. The fourth-order valence-corrected chi connectivity index (χ4v) is 3.65. The molecule has 1 unspecified atom stereocenters. The molecule has 2 fully saturated rings. The number of Topliss-reactive ketones (excluding diaryl/α,β-unsaturated/α-hetero) is 1. The lowest BCUT2D eigenvalue weighted by Gasteiger charge is -2.27. The van der Waals surface area contributed by atoms with Crippen molar-refractivity contribution in [3.63, 3.8) is 0 Å². The largest absolute Gasteiger partial charge is 0.423 e. The maximum Gasteiger partial charge on any atom is 0.416 e. The third-order valence-corrected chi connectivity index (χ3v) is 5.42. The van der Waals surface area contributed by atoms with Crippen LogP contribution >= 0.6 is 0 Å². The maximum atomic E-state index is 14.9. The fraction of sp³-hybridized carbons (Fsp3) is 0.364. The number of pyridine rings is 1. The van der Waals surface area contributed by atoms with Crippen LogP contribution in [0.3, 0.4) is 0 Å². The van der Waals surface area contributed by atoms with Gasteiger partial charge >= 0.3 is 6.09 Å². The second kappa shape index (κ2) is 8.71. The average Bonchev–Trinajstić information content (AvgIpc) is 3.14. The SMILES string of the molecule is CCC(=O)NC1CN(c2ccc(-c3ccc(N4CCC(=O)CC4)nc3)c(F)c2)C(=O)O1. The summed E-state index contributed by atoms with van der Waals surface area (Å²) in [5, 5.41) is 2.60. The van der Waals surface area contributed by atoms with Gasteiger partial charge in [-0.05, 0) is 30.3 Å². The first-order chi connectivity index (χ1) is 14.9. The Kier molecular flexibility index (Phi) is 5.83. The van der Waals surface area contributed by atoms with Crippen molar-refractivity contribution in [2.45, 2.75) is 32.4 Å². The van der Waals surface area contributed by atoms with Crippen LogP contribution in [0.1, 0.15) is 26.2 Å². The molecule has 1 N–H and O–H groups in total. The van der Waals surface area contributed by atoms with Crippen LogP contribution in [0.5, 0.6) is 0 Å². The van der Waals surface area contributed by atoms with Crippen molar-refractivity contribution in [3.8, 4) is 11.1 Å². The van der Waals surface area contributed by atoms with E-state index >= 15 is 0 Å². The number of ether oxygens (including phenoxy) is 1. The van der Waals surface area contributed by atoms with Gasteiger partial charge in [-0.25, -0.2) is 14.2 Å². The molecule has 1 atom stereocenters. The summed E-state index contributed by atoms with van der Waals surface area (Å²) >= 11 is 0. The number of rotatable bonds is 5. The number of carbonyl (C=O) groups is 3. The molecule has 162 valence electrons. The third-order valence-electron chi connectivity index (χ3n) is 5.42. The highest BCUT2D eigenvalue weighted by atomic mass is 19.1. The normalized spacial score (nSPS) is 18.8. The number of carbonyl (C=O) groups excluding carboxylic acids is 3. The second-order valence-electron chi connectivity index (χ2n) is 7.50. The number of hydrogen-bond donors (Lipinski definition) is 1. The van der Waals surface area contributed by atoms with E-state index < -0.39 is 18.1 Å². The highest BCUT2D eigenvalue weighted by Gasteiger charge is 2.33. The highest BCUT2D eigenvalue weighted by Crippen LogP contribution is 2.29. The summed E-state index contributed by atoms with van der Waals surface area (Å²) in [6.07, 6.45) is 1.51. The van der Waals surface area contributed by atoms with E-state index in [9.17, 15) is 18.8 Å². The van der Waals surface area contributed by atoms with E-state index in [2.05, 4.69) is 10.3 Å². The second-order valence-corrected chi connectivity index (χ2v) is 7.50. The van der Waals surface area contributed by atoms with E-state index in [1.165, 1.54) is 11.0 Å². The van der Waals surface area contributed by atoms with E-state index in [-0.39, 0.29) is 24.7 Å². The Morgan fingerprint density at radius 1 is 1.23 bits per heavy atom. The van der Waals surface area contributed by atoms with Crippen LogP contribution in [-0.4, -0.2) is 48.6 Å². The number of piperidine rings is 1. The summed E-state index contributed by atoms with van der Waals surface area (Å²) in [6, 6.07) is 8.10. The number of anilines is 2. The van der Waals surface area contributed by atoms with Gasteiger partial charge in [0.15, 0.2) is 6.23 Å². The summed E-state index contributed by atoms with van der Waals surface area (Å²) < 4.78 is 20.0. The van der Waals surface area contributed by atoms with E-state index in [1.54, 1.807) is 31.3 Å². The topological polar surface area (TPSA) is 91.8 Å². The molecule has 2 aliphatic rings. The van der Waals surface area contributed by atoms with Gasteiger partial charge in [-0.1, -0.05) is 6.92 Å². The molecule has 2 aromatic rings. The Labute approximate surface area is 179 Å². The minimum Gasteiger partial charge on any atom is -0.423 e. The van der Waals surface area contributed by atoms with Crippen molar-refractivity contribution in [1.82, 2.24) is 10.3 Å². The van der Waals surface area contributed by atoms with Gasteiger partial charge in [0.2, 0.25) is 5.91 Å². The van der Waals surface area contributed by atoms with Crippen molar-refractivity contribution in [1.29, 1.82) is 0 Å². The van der Waals surface area contributed by atoms with Gasteiger partial charge in [0.05, 0.1) is 12.2 Å². The van der Waals surface area contributed by atoms with E-state index in [0.29, 0.717) is 42.7 Å². The quantitative estimate of drug-likeness (QED) is 0.791. The molecule has 1 aromatic heterocycles. The number of cyclic esters (lactones) is 1. The Morgan fingerprint density at radius 3 is 2.65 bits per heavy atom. The molecule has 0 aliphatic carbocycles. The molecule has 4 rings (SSSR count). The molecule has 31 heavy (non-hydrogen) atoms. The van der Waals surface area contributed by atoms with Gasteiger partial charge in [0.1, 0.15) is 17.4 Å². The standard InChI is InChI=1S/C22H23FN4O4/c1-2-20(29)25-21-13-27(22(30)31-21)15-4-5-17(18(23)11-15)14-3-6-19(24-12-14)26-9-7-16(28)8-10-26/h3-6,11-12,21H,2,7-10,13H2,1H3,(H,25,29). The maximum absolute atomic E-state index is 14.9. The van der Waals surface area contributed by atoms with Crippen LogP contribution in [0.15, 0.2) is 36.5 Å². The Balaban J connectivity index is 1.47. The van der Waals surface area contributed by atoms with E-state index in [4.69, 9.17) is 4.74 Å². The van der Waals surface area contributed by atoms with Gasteiger partial charge in [-0.2, -0.15) is 0 Å². The molecular weight excluding hydrogens is 403 g/mol. The zero-order valence-corrected chi connectivity index (χ0v) is 17.1. The monoisotopic (exact) mass is 426 g/mol. The van der Waals surface area contributed by atoms with Gasteiger partial charge in [-0.15, -0.1) is 0 Å². The third kappa shape index (κ3) is 4.50. The van der Waals surface area contributed by atoms with Crippen LogP contribution in [-0.2, 0) is 14.3 Å². The lowest BCUT2D eigenvalue weighted by molar-refractivity contribution is -0.123. The van der Waals surface area contributed by atoms with Crippen LogP contribution in [0.4, 0.5) is 20.7 Å². The first-order valence-corrected chi connectivity index (χ1v) is 10.2. The minimum atomic E-state index is -0.760. The molecule has 3 heterocycles. The zero-order valence-electron chi connectivity index (χ0n) is 17.1. The first kappa shape index (κ1) is 20.8. The summed E-state index contributed by atoms with van der Waals surface area (Å²) in [4.78, 5) is 42.8. The van der Waals surface area contributed by atoms with Gasteiger partial charge in [0, 0.05) is 49.7 Å². The number of aromatic nitrogens is 1. The zero-order chi connectivity index (χ0) is 22.0.